The second-order valence-corrected chi connectivity index (χ2v) is 8.12. The van der Waals surface area contributed by atoms with Gasteiger partial charge in [-0.15, -0.1) is 0 Å². The predicted octanol–water partition coefficient (Wildman–Crippen LogP) is 2.76. The lowest BCUT2D eigenvalue weighted by Crippen LogP contribution is -2.40. The van der Waals surface area contributed by atoms with Crippen molar-refractivity contribution in [2.24, 2.45) is 11.1 Å². The highest BCUT2D eigenvalue weighted by molar-refractivity contribution is 5.99. The number of aryl methyl sites for hydroxylation is 1. The molecule has 0 radical (unpaired) electrons. The molecule has 1 fully saturated rings. The summed E-state index contributed by atoms with van der Waals surface area (Å²) in [7, 11) is 0. The molecule has 1 aromatic rings. The smallest absolute Gasteiger partial charge is 0.407 e. The fraction of sp³-hybridized carbons (Fsp3) is 0.579. The van der Waals surface area contributed by atoms with Crippen LogP contribution in [0.15, 0.2) is 18.2 Å². The Bertz CT molecular complexity index is 696. The first kappa shape index (κ1) is 17.7. The van der Waals surface area contributed by atoms with E-state index in [-0.39, 0.29) is 17.4 Å². The molecule has 136 valence electrons. The third-order valence-corrected chi connectivity index (χ3v) is 5.21. The van der Waals surface area contributed by atoms with Gasteiger partial charge in [0, 0.05) is 18.8 Å². The molecule has 0 spiro atoms. The standard InChI is InChI=1S/C19H27N3O3/c1-19(2,3)16-14-11-13(21-10-8-15(20)17(21)23)7-6-12(14)5-4-9-22(16)18(24)25/h6-7,11,15-16H,4-5,8-10,20H2,1-3H3,(H,24,25)/t15-,16?/m0/s1. The van der Waals surface area contributed by atoms with Gasteiger partial charge in [-0.25, -0.2) is 4.79 Å². The molecule has 2 heterocycles. The summed E-state index contributed by atoms with van der Waals surface area (Å²) in [4.78, 5) is 27.4. The fourth-order valence-corrected chi connectivity index (χ4v) is 4.07. The lowest BCUT2D eigenvalue weighted by molar-refractivity contribution is -0.118. The highest BCUT2D eigenvalue weighted by Crippen LogP contribution is 2.43. The third-order valence-electron chi connectivity index (χ3n) is 5.21. The monoisotopic (exact) mass is 345 g/mol. The number of fused-ring (bicyclic) bond motifs is 1. The summed E-state index contributed by atoms with van der Waals surface area (Å²) < 4.78 is 0. The highest BCUT2D eigenvalue weighted by atomic mass is 16.4. The summed E-state index contributed by atoms with van der Waals surface area (Å²) in [6.07, 6.45) is 1.41. The van der Waals surface area contributed by atoms with Gasteiger partial charge in [-0.1, -0.05) is 26.8 Å². The molecule has 2 atom stereocenters. The Morgan fingerprint density at radius 3 is 2.56 bits per heavy atom. The van der Waals surface area contributed by atoms with Gasteiger partial charge in [0.1, 0.15) is 0 Å². The molecule has 6 nitrogen and oxygen atoms in total. The maximum atomic E-state index is 12.3. The van der Waals surface area contributed by atoms with Crippen molar-refractivity contribution in [1.29, 1.82) is 0 Å². The summed E-state index contributed by atoms with van der Waals surface area (Å²) in [6.45, 7) is 7.32. The first-order valence-corrected chi connectivity index (χ1v) is 8.89. The first-order chi connectivity index (χ1) is 11.7. The van der Waals surface area contributed by atoms with E-state index in [1.165, 1.54) is 5.56 Å². The molecule has 0 aliphatic carbocycles. The van der Waals surface area contributed by atoms with Crippen molar-refractivity contribution in [2.45, 2.75) is 52.1 Å². The lowest BCUT2D eigenvalue weighted by atomic mass is 9.80. The van der Waals surface area contributed by atoms with Gasteiger partial charge in [-0.2, -0.15) is 0 Å². The van der Waals surface area contributed by atoms with Gasteiger partial charge in [0.25, 0.3) is 0 Å². The second-order valence-electron chi connectivity index (χ2n) is 8.12. The topological polar surface area (TPSA) is 86.9 Å². The number of nitrogens with two attached hydrogens (primary N) is 1. The van der Waals surface area contributed by atoms with E-state index in [1.54, 1.807) is 9.80 Å². The number of carbonyl (C=O) groups excluding carboxylic acids is 1. The Balaban J connectivity index is 2.08. The molecule has 3 rings (SSSR count). The van der Waals surface area contributed by atoms with Crippen LogP contribution in [-0.2, 0) is 11.2 Å². The van der Waals surface area contributed by atoms with Crippen molar-refractivity contribution in [3.63, 3.8) is 0 Å². The van der Waals surface area contributed by atoms with Crippen LogP contribution >= 0.6 is 0 Å². The van der Waals surface area contributed by atoms with Crippen molar-refractivity contribution >= 4 is 17.7 Å². The van der Waals surface area contributed by atoms with Crippen molar-refractivity contribution in [1.82, 2.24) is 4.90 Å². The third kappa shape index (κ3) is 3.23. The van der Waals surface area contributed by atoms with E-state index in [1.807, 2.05) is 18.2 Å². The van der Waals surface area contributed by atoms with Crippen LogP contribution in [0.4, 0.5) is 10.5 Å². The Labute approximate surface area is 148 Å². The average Bonchev–Trinajstić information content (AvgIpc) is 2.75. The molecular weight excluding hydrogens is 318 g/mol. The Hall–Kier alpha value is -2.08. The van der Waals surface area contributed by atoms with Crippen LogP contribution in [0.25, 0.3) is 0 Å². The highest BCUT2D eigenvalue weighted by Gasteiger charge is 2.38. The molecule has 1 unspecified atom stereocenters. The zero-order valence-corrected chi connectivity index (χ0v) is 15.2. The molecule has 3 N–H and O–H groups in total. The van der Waals surface area contributed by atoms with Crippen LogP contribution in [0, 0.1) is 5.41 Å². The van der Waals surface area contributed by atoms with Gasteiger partial charge in [0.05, 0.1) is 12.1 Å². The number of carbonyl (C=O) groups is 2. The molecule has 2 aliphatic heterocycles. The van der Waals surface area contributed by atoms with Gasteiger partial charge in [-0.05, 0) is 47.9 Å². The van der Waals surface area contributed by atoms with E-state index in [0.29, 0.717) is 19.5 Å². The number of amides is 2. The van der Waals surface area contributed by atoms with Crippen LogP contribution in [-0.4, -0.2) is 41.1 Å². The molecule has 1 saturated heterocycles. The van der Waals surface area contributed by atoms with Gasteiger partial charge < -0.3 is 20.6 Å². The van der Waals surface area contributed by atoms with Crippen molar-refractivity contribution in [2.75, 3.05) is 18.0 Å². The zero-order valence-electron chi connectivity index (χ0n) is 15.2. The lowest BCUT2D eigenvalue weighted by Gasteiger charge is -2.38. The van der Waals surface area contributed by atoms with Crippen LogP contribution in [0.2, 0.25) is 0 Å². The number of anilines is 1. The normalized spacial score (nSPS) is 24.2. The van der Waals surface area contributed by atoms with E-state index in [2.05, 4.69) is 20.8 Å². The van der Waals surface area contributed by atoms with Crippen molar-refractivity contribution < 1.29 is 14.7 Å². The molecule has 6 heteroatoms. The molecule has 0 saturated carbocycles. The molecule has 1 aromatic carbocycles. The van der Waals surface area contributed by atoms with E-state index < -0.39 is 12.1 Å². The number of carboxylic acid groups (broad SMARTS) is 1. The number of nitrogens with zero attached hydrogens (tertiary/aromatic N) is 2. The van der Waals surface area contributed by atoms with Crippen molar-refractivity contribution in [3.05, 3.63) is 29.3 Å². The summed E-state index contributed by atoms with van der Waals surface area (Å²) in [5.74, 6) is -0.0593. The first-order valence-electron chi connectivity index (χ1n) is 8.89. The molecule has 2 amide bonds. The second kappa shape index (κ2) is 6.33. The van der Waals surface area contributed by atoms with E-state index in [9.17, 15) is 14.7 Å². The maximum Gasteiger partial charge on any atom is 0.407 e. The minimum absolute atomic E-state index is 0.0593. The summed E-state index contributed by atoms with van der Waals surface area (Å²) in [5.41, 5.74) is 8.60. The molecule has 0 aromatic heterocycles. The molecule has 0 bridgehead atoms. The Morgan fingerprint density at radius 1 is 1.28 bits per heavy atom. The number of hydrogen-bond acceptors (Lipinski definition) is 3. The SMILES string of the molecule is CC(C)(C)C1c2cc(N3CC[C@H](N)C3=O)ccc2CCCN1C(=O)O. The van der Waals surface area contributed by atoms with Crippen LogP contribution < -0.4 is 10.6 Å². The van der Waals surface area contributed by atoms with Crippen LogP contribution in [0.1, 0.15) is 50.8 Å². The van der Waals surface area contributed by atoms with Gasteiger partial charge in [0.15, 0.2) is 0 Å². The summed E-state index contributed by atoms with van der Waals surface area (Å²) in [6, 6.07) is 5.33. The number of rotatable bonds is 1. The minimum Gasteiger partial charge on any atom is -0.465 e. The van der Waals surface area contributed by atoms with Crippen LogP contribution in [0.5, 0.6) is 0 Å². The van der Waals surface area contributed by atoms with Gasteiger partial charge in [-0.3, -0.25) is 4.79 Å². The van der Waals surface area contributed by atoms with Crippen LogP contribution in [0.3, 0.4) is 0 Å². The quantitative estimate of drug-likeness (QED) is 0.819. The fourth-order valence-electron chi connectivity index (χ4n) is 4.07. The number of benzene rings is 1. The largest absolute Gasteiger partial charge is 0.465 e. The molecule has 25 heavy (non-hydrogen) atoms. The molecule has 2 aliphatic rings. The van der Waals surface area contributed by atoms with Crippen molar-refractivity contribution in [3.8, 4) is 0 Å². The summed E-state index contributed by atoms with van der Waals surface area (Å²) in [5, 5.41) is 9.73. The van der Waals surface area contributed by atoms with E-state index in [0.717, 1.165) is 24.1 Å². The maximum absolute atomic E-state index is 12.3. The predicted molar refractivity (Wildman–Crippen MR) is 96.6 cm³/mol. The summed E-state index contributed by atoms with van der Waals surface area (Å²) >= 11 is 0. The van der Waals surface area contributed by atoms with Gasteiger partial charge >= 0.3 is 6.09 Å². The Kier molecular flexibility index (Phi) is 4.49. The Morgan fingerprint density at radius 2 is 2.00 bits per heavy atom. The number of hydrogen-bond donors (Lipinski definition) is 2. The molecular formula is C19H27N3O3. The minimum atomic E-state index is -0.891. The van der Waals surface area contributed by atoms with E-state index >= 15 is 0 Å². The van der Waals surface area contributed by atoms with E-state index in [4.69, 9.17) is 5.73 Å². The van der Waals surface area contributed by atoms with Gasteiger partial charge in [0.2, 0.25) is 5.91 Å². The zero-order chi connectivity index (χ0) is 18.4. The average molecular weight is 345 g/mol.